The first-order chi connectivity index (χ1) is 9.93. The Morgan fingerprint density at radius 2 is 2.33 bits per heavy atom. The summed E-state index contributed by atoms with van der Waals surface area (Å²) in [4.78, 5) is 12.1. The third kappa shape index (κ3) is 3.07. The Morgan fingerprint density at radius 1 is 1.52 bits per heavy atom. The van der Waals surface area contributed by atoms with E-state index in [2.05, 4.69) is 34.7 Å². The van der Waals surface area contributed by atoms with E-state index in [0.29, 0.717) is 5.13 Å². The van der Waals surface area contributed by atoms with Crippen LogP contribution in [0.2, 0.25) is 0 Å². The van der Waals surface area contributed by atoms with Crippen LogP contribution in [0, 0.1) is 12.3 Å². The summed E-state index contributed by atoms with van der Waals surface area (Å²) in [7, 11) is 0. The Kier molecular flexibility index (Phi) is 3.44. The molecule has 21 heavy (non-hydrogen) atoms. The van der Waals surface area contributed by atoms with E-state index in [0.717, 1.165) is 29.9 Å². The van der Waals surface area contributed by atoms with Crippen molar-refractivity contribution >= 4 is 22.5 Å². The van der Waals surface area contributed by atoms with Crippen molar-refractivity contribution in [1.29, 1.82) is 0 Å². The van der Waals surface area contributed by atoms with E-state index in [1.165, 1.54) is 11.3 Å². The molecule has 6 nitrogen and oxygen atoms in total. The Bertz CT molecular complexity index is 648. The second-order valence-corrected chi connectivity index (χ2v) is 7.01. The monoisotopic (exact) mass is 306 g/mol. The molecule has 0 saturated heterocycles. The summed E-state index contributed by atoms with van der Waals surface area (Å²) < 4.78 is 5.77. The molecule has 0 aromatic carbocycles. The predicted molar refractivity (Wildman–Crippen MR) is 80.4 cm³/mol. The van der Waals surface area contributed by atoms with E-state index < -0.39 is 0 Å². The minimum Gasteiger partial charge on any atom is -0.466 e. The van der Waals surface area contributed by atoms with Crippen LogP contribution in [0.4, 0.5) is 9.93 Å². The number of amides is 2. The van der Waals surface area contributed by atoms with Crippen molar-refractivity contribution in [3.63, 3.8) is 0 Å². The predicted octanol–water partition coefficient (Wildman–Crippen LogP) is 3.27. The van der Waals surface area contributed by atoms with Gasteiger partial charge in [-0.15, -0.1) is 10.2 Å². The van der Waals surface area contributed by atoms with Crippen molar-refractivity contribution in [2.45, 2.75) is 39.7 Å². The molecule has 0 spiro atoms. The maximum absolute atomic E-state index is 12.1. The van der Waals surface area contributed by atoms with Crippen LogP contribution < -0.4 is 10.6 Å². The third-order valence-corrected chi connectivity index (χ3v) is 4.23. The van der Waals surface area contributed by atoms with E-state index in [-0.39, 0.29) is 17.5 Å². The molecule has 2 aromatic heterocycles. The number of aromatic nitrogens is 2. The molecule has 0 bridgehead atoms. The highest BCUT2D eigenvalue weighted by atomic mass is 32.1. The molecule has 0 fully saturated rings. The second-order valence-electron chi connectivity index (χ2n) is 6.18. The molecule has 0 saturated carbocycles. The number of hydrogen-bond donors (Lipinski definition) is 2. The molecule has 1 aliphatic rings. The van der Waals surface area contributed by atoms with Gasteiger partial charge in [0.05, 0.1) is 6.04 Å². The SMILES string of the molecule is Cc1cc2c(o1)CC(C)(C)C[C@H]2NC(=O)Nc1nncs1. The fourth-order valence-electron chi connectivity index (χ4n) is 2.83. The van der Waals surface area contributed by atoms with Gasteiger partial charge in [0.25, 0.3) is 0 Å². The second kappa shape index (κ2) is 5.14. The minimum absolute atomic E-state index is 0.0471. The largest absolute Gasteiger partial charge is 0.466 e. The molecular weight excluding hydrogens is 288 g/mol. The van der Waals surface area contributed by atoms with E-state index in [9.17, 15) is 4.79 Å². The first-order valence-corrected chi connectivity index (χ1v) is 7.74. The molecule has 112 valence electrons. The normalized spacial score (nSPS) is 19.9. The van der Waals surface area contributed by atoms with Crippen LogP contribution in [0.3, 0.4) is 0 Å². The zero-order valence-corrected chi connectivity index (χ0v) is 13.1. The summed E-state index contributed by atoms with van der Waals surface area (Å²) >= 11 is 1.29. The average Bonchev–Trinajstić information content (AvgIpc) is 2.96. The molecule has 2 aromatic rings. The third-order valence-electron chi connectivity index (χ3n) is 3.62. The maximum Gasteiger partial charge on any atom is 0.321 e. The van der Waals surface area contributed by atoms with Crippen LogP contribution in [-0.2, 0) is 6.42 Å². The summed E-state index contributed by atoms with van der Waals surface area (Å²) in [5.74, 6) is 1.86. The first kappa shape index (κ1) is 14.1. The average molecular weight is 306 g/mol. The molecule has 2 amide bonds. The molecule has 1 aliphatic carbocycles. The lowest BCUT2D eigenvalue weighted by Crippen LogP contribution is -2.38. The number of carbonyl (C=O) groups excluding carboxylic acids is 1. The number of urea groups is 1. The quantitative estimate of drug-likeness (QED) is 0.892. The van der Waals surface area contributed by atoms with E-state index in [1.54, 1.807) is 5.51 Å². The number of carbonyl (C=O) groups is 1. The molecule has 0 aliphatic heterocycles. The maximum atomic E-state index is 12.1. The van der Waals surface area contributed by atoms with Gasteiger partial charge in [-0.05, 0) is 24.8 Å². The molecule has 2 N–H and O–H groups in total. The number of furan rings is 1. The van der Waals surface area contributed by atoms with Crippen LogP contribution in [0.1, 0.15) is 43.4 Å². The van der Waals surface area contributed by atoms with Crippen LogP contribution in [0.5, 0.6) is 0 Å². The number of anilines is 1. The highest BCUT2D eigenvalue weighted by Crippen LogP contribution is 2.41. The van der Waals surface area contributed by atoms with Gasteiger partial charge in [-0.3, -0.25) is 5.32 Å². The fraction of sp³-hybridized carbons (Fsp3) is 0.500. The van der Waals surface area contributed by atoms with Gasteiger partial charge in [0, 0.05) is 12.0 Å². The van der Waals surface area contributed by atoms with Crippen molar-refractivity contribution in [2.75, 3.05) is 5.32 Å². The molecular formula is C14H18N4O2S. The van der Waals surface area contributed by atoms with Gasteiger partial charge in [0.15, 0.2) is 0 Å². The highest BCUT2D eigenvalue weighted by molar-refractivity contribution is 7.13. The lowest BCUT2D eigenvalue weighted by molar-refractivity contribution is 0.222. The van der Waals surface area contributed by atoms with Gasteiger partial charge < -0.3 is 9.73 Å². The molecule has 1 atom stereocenters. The minimum atomic E-state index is -0.265. The van der Waals surface area contributed by atoms with E-state index in [1.807, 2.05) is 13.0 Å². The van der Waals surface area contributed by atoms with Gasteiger partial charge in [-0.1, -0.05) is 25.2 Å². The highest BCUT2D eigenvalue weighted by Gasteiger charge is 2.35. The zero-order valence-electron chi connectivity index (χ0n) is 12.3. The Hall–Kier alpha value is -1.89. The van der Waals surface area contributed by atoms with Crippen molar-refractivity contribution in [1.82, 2.24) is 15.5 Å². The van der Waals surface area contributed by atoms with Crippen LogP contribution >= 0.6 is 11.3 Å². The van der Waals surface area contributed by atoms with Gasteiger partial charge in [0.2, 0.25) is 5.13 Å². The summed E-state index contributed by atoms with van der Waals surface area (Å²) in [6.07, 6.45) is 1.77. The van der Waals surface area contributed by atoms with Gasteiger partial charge in [0.1, 0.15) is 17.0 Å². The first-order valence-electron chi connectivity index (χ1n) is 6.86. The smallest absolute Gasteiger partial charge is 0.321 e. The van der Waals surface area contributed by atoms with Crippen molar-refractivity contribution < 1.29 is 9.21 Å². The molecule has 0 unspecified atom stereocenters. The van der Waals surface area contributed by atoms with Gasteiger partial charge >= 0.3 is 6.03 Å². The number of hydrogen-bond acceptors (Lipinski definition) is 5. The number of fused-ring (bicyclic) bond motifs is 1. The lowest BCUT2D eigenvalue weighted by atomic mass is 9.75. The summed E-state index contributed by atoms with van der Waals surface area (Å²) in [6.45, 7) is 6.31. The number of nitrogens with zero attached hydrogens (tertiary/aromatic N) is 2. The van der Waals surface area contributed by atoms with Gasteiger partial charge in [-0.25, -0.2) is 4.79 Å². The summed E-state index contributed by atoms with van der Waals surface area (Å²) in [6, 6.07) is 1.70. The Labute approximate surface area is 127 Å². The van der Waals surface area contributed by atoms with E-state index >= 15 is 0 Å². The van der Waals surface area contributed by atoms with Crippen LogP contribution in [-0.4, -0.2) is 16.2 Å². The van der Waals surface area contributed by atoms with Gasteiger partial charge in [-0.2, -0.15) is 0 Å². The van der Waals surface area contributed by atoms with Crippen LogP contribution in [0.25, 0.3) is 0 Å². The summed E-state index contributed by atoms with van der Waals surface area (Å²) in [5.41, 5.74) is 2.76. The fourth-order valence-corrected chi connectivity index (χ4v) is 3.27. The Morgan fingerprint density at radius 3 is 3.05 bits per heavy atom. The summed E-state index contributed by atoms with van der Waals surface area (Å²) in [5, 5.41) is 13.7. The molecule has 7 heteroatoms. The molecule has 0 radical (unpaired) electrons. The number of aryl methyl sites for hydroxylation is 1. The molecule has 3 rings (SSSR count). The van der Waals surface area contributed by atoms with E-state index in [4.69, 9.17) is 4.42 Å². The van der Waals surface area contributed by atoms with Crippen molar-refractivity contribution in [3.05, 3.63) is 28.7 Å². The zero-order chi connectivity index (χ0) is 15.0. The number of nitrogens with one attached hydrogen (secondary N) is 2. The standard InChI is InChI=1S/C14H18N4O2S/c1-8-4-9-10(5-14(2,3)6-11(9)20-8)16-12(19)17-13-18-15-7-21-13/h4,7,10H,5-6H2,1-3H3,(H2,16,17,18,19)/t10-/m1/s1. The topological polar surface area (TPSA) is 80.0 Å². The van der Waals surface area contributed by atoms with Crippen molar-refractivity contribution in [2.24, 2.45) is 5.41 Å². The van der Waals surface area contributed by atoms with Crippen molar-refractivity contribution in [3.8, 4) is 0 Å². The Balaban J connectivity index is 1.76. The number of rotatable bonds is 2. The molecule has 2 heterocycles. The van der Waals surface area contributed by atoms with Crippen LogP contribution in [0.15, 0.2) is 16.0 Å². The lowest BCUT2D eigenvalue weighted by Gasteiger charge is -2.34.